The Bertz CT molecular complexity index is 1810. The molecule has 9 heteroatoms. The third kappa shape index (κ3) is 2.95. The van der Waals surface area contributed by atoms with Gasteiger partial charge in [0.15, 0.2) is 17.2 Å². The van der Waals surface area contributed by atoms with E-state index in [1.54, 1.807) is 53.3 Å². The topological polar surface area (TPSA) is 95.4 Å². The summed E-state index contributed by atoms with van der Waals surface area (Å²) in [5, 5.41) is 5.20. The first kappa shape index (κ1) is 19.5. The molecule has 5 heterocycles. The number of hydrogen-bond acceptors (Lipinski definition) is 7. The molecule has 0 spiro atoms. The number of rotatable bonds is 2. The summed E-state index contributed by atoms with van der Waals surface area (Å²) in [6, 6.07) is 16.7. The summed E-state index contributed by atoms with van der Waals surface area (Å²) in [4.78, 5) is 26.6. The molecule has 0 bridgehead atoms. The van der Waals surface area contributed by atoms with E-state index in [1.807, 2.05) is 12.1 Å². The second-order valence-electron chi connectivity index (χ2n) is 8.12. The van der Waals surface area contributed by atoms with Gasteiger partial charge in [-0.1, -0.05) is 24.3 Å². The lowest BCUT2D eigenvalue weighted by molar-refractivity contribution is 0.422. The summed E-state index contributed by atoms with van der Waals surface area (Å²) < 4.78 is 27.3. The van der Waals surface area contributed by atoms with E-state index in [2.05, 4.69) is 15.1 Å². The van der Waals surface area contributed by atoms with E-state index in [0.29, 0.717) is 50.8 Å². The van der Waals surface area contributed by atoms with E-state index < -0.39 is 11.5 Å². The first-order valence-electron chi connectivity index (χ1n) is 10.8. The Labute approximate surface area is 196 Å². The van der Waals surface area contributed by atoms with Gasteiger partial charge in [-0.2, -0.15) is 0 Å². The zero-order valence-electron chi connectivity index (χ0n) is 17.9. The lowest BCUT2D eigenvalue weighted by Crippen LogP contribution is -2.22. The number of aromatic nitrogens is 5. The van der Waals surface area contributed by atoms with Gasteiger partial charge in [-0.3, -0.25) is 4.98 Å². The van der Waals surface area contributed by atoms with Gasteiger partial charge in [-0.15, -0.1) is 5.10 Å². The van der Waals surface area contributed by atoms with E-state index in [-0.39, 0.29) is 5.82 Å². The zero-order valence-corrected chi connectivity index (χ0v) is 17.9. The van der Waals surface area contributed by atoms with Gasteiger partial charge >= 0.3 is 5.63 Å². The quantitative estimate of drug-likeness (QED) is 0.343. The van der Waals surface area contributed by atoms with Gasteiger partial charge in [0.2, 0.25) is 5.88 Å². The minimum absolute atomic E-state index is 0.295. The molecule has 35 heavy (non-hydrogen) atoms. The molecule has 1 aliphatic heterocycles. The van der Waals surface area contributed by atoms with Crippen molar-refractivity contribution in [3.8, 4) is 23.0 Å². The second-order valence-corrected chi connectivity index (χ2v) is 8.12. The van der Waals surface area contributed by atoms with Crippen molar-refractivity contribution in [1.29, 1.82) is 0 Å². The lowest BCUT2D eigenvalue weighted by atomic mass is 9.84. The van der Waals surface area contributed by atoms with Crippen LogP contribution in [0.4, 0.5) is 4.39 Å². The number of benzene rings is 2. The summed E-state index contributed by atoms with van der Waals surface area (Å²) in [6.45, 7) is 0. The van der Waals surface area contributed by atoms with Gasteiger partial charge in [0, 0.05) is 18.0 Å². The molecule has 168 valence electrons. The molecule has 0 saturated heterocycles. The Morgan fingerprint density at radius 1 is 0.943 bits per heavy atom. The van der Waals surface area contributed by atoms with Crippen molar-refractivity contribution in [2.45, 2.75) is 5.92 Å². The van der Waals surface area contributed by atoms with Crippen LogP contribution < -0.4 is 10.4 Å². The third-order valence-corrected chi connectivity index (χ3v) is 6.10. The average molecular weight is 463 g/mol. The highest BCUT2D eigenvalue weighted by molar-refractivity contribution is 5.86. The molecule has 1 aliphatic rings. The van der Waals surface area contributed by atoms with Crippen LogP contribution in [0.1, 0.15) is 22.6 Å². The largest absolute Gasteiger partial charge is 0.437 e. The van der Waals surface area contributed by atoms with Gasteiger partial charge in [-0.25, -0.2) is 23.7 Å². The number of para-hydroxylation sites is 1. The van der Waals surface area contributed by atoms with Crippen LogP contribution in [-0.2, 0) is 0 Å². The molecule has 0 N–H and O–H groups in total. The monoisotopic (exact) mass is 463 g/mol. The van der Waals surface area contributed by atoms with E-state index in [4.69, 9.17) is 14.1 Å². The van der Waals surface area contributed by atoms with Crippen LogP contribution in [0.5, 0.6) is 11.6 Å². The summed E-state index contributed by atoms with van der Waals surface area (Å²) in [6.07, 6.45) is 4.84. The van der Waals surface area contributed by atoms with Crippen LogP contribution in [0.3, 0.4) is 0 Å². The van der Waals surface area contributed by atoms with Gasteiger partial charge in [0.1, 0.15) is 17.7 Å². The second kappa shape index (κ2) is 7.29. The van der Waals surface area contributed by atoms with Crippen molar-refractivity contribution in [2.75, 3.05) is 0 Å². The molecule has 8 nitrogen and oxygen atoms in total. The van der Waals surface area contributed by atoms with Crippen molar-refractivity contribution in [1.82, 2.24) is 24.6 Å². The minimum atomic E-state index is -0.666. The fourth-order valence-corrected chi connectivity index (χ4v) is 4.54. The van der Waals surface area contributed by atoms with Crippen molar-refractivity contribution in [3.05, 3.63) is 112 Å². The van der Waals surface area contributed by atoms with Crippen molar-refractivity contribution in [3.63, 3.8) is 0 Å². The van der Waals surface area contributed by atoms with Crippen molar-refractivity contribution < 1.29 is 13.5 Å². The van der Waals surface area contributed by atoms with E-state index in [1.165, 1.54) is 18.5 Å². The van der Waals surface area contributed by atoms with Crippen LogP contribution in [0.2, 0.25) is 0 Å². The molecule has 0 fully saturated rings. The molecule has 0 radical (unpaired) electrons. The maximum absolute atomic E-state index is 13.8. The number of halogens is 1. The first-order chi connectivity index (χ1) is 17.2. The zero-order chi connectivity index (χ0) is 23.5. The first-order valence-corrected chi connectivity index (χ1v) is 10.8. The fourth-order valence-electron chi connectivity index (χ4n) is 4.54. The van der Waals surface area contributed by atoms with E-state index >= 15 is 0 Å². The normalized spacial score (nSPS) is 14.5. The SMILES string of the molecule is O=c1oc2ccccc2c2c1C(c1ccc(F)cc1)c1c(ncn3nc(-c4ccncc4)nc13)O2. The molecule has 7 rings (SSSR count). The number of ether oxygens (including phenoxy) is 1. The highest BCUT2D eigenvalue weighted by Crippen LogP contribution is 2.48. The minimum Gasteiger partial charge on any atom is -0.437 e. The maximum atomic E-state index is 13.8. The number of pyridine rings is 1. The number of hydrogen-bond donors (Lipinski definition) is 0. The highest BCUT2D eigenvalue weighted by Gasteiger charge is 2.37. The third-order valence-electron chi connectivity index (χ3n) is 6.10. The molecular formula is C26H14FN5O3. The molecular weight excluding hydrogens is 449 g/mol. The smallest absolute Gasteiger partial charge is 0.344 e. The molecule has 2 aromatic carbocycles. The Hall–Kier alpha value is -4.92. The van der Waals surface area contributed by atoms with Crippen LogP contribution in [0, 0.1) is 5.82 Å². The van der Waals surface area contributed by atoms with E-state index in [0.717, 1.165) is 5.56 Å². The molecule has 1 unspecified atom stereocenters. The lowest BCUT2D eigenvalue weighted by Gasteiger charge is -2.27. The standard InChI is InChI=1S/C26H14FN5O3/c27-16-7-5-14(6-8-16)19-20-22(17-3-1-2-4-18(17)34-26(20)33)35-25-21(19)24-30-23(31-32(24)13-29-25)15-9-11-28-12-10-15/h1-13,19H. The molecule has 0 aliphatic carbocycles. The van der Waals surface area contributed by atoms with Crippen molar-refractivity contribution in [2.24, 2.45) is 0 Å². The Morgan fingerprint density at radius 3 is 2.57 bits per heavy atom. The average Bonchev–Trinajstić information content (AvgIpc) is 3.33. The van der Waals surface area contributed by atoms with Crippen LogP contribution in [0.25, 0.3) is 28.0 Å². The maximum Gasteiger partial charge on any atom is 0.344 e. The van der Waals surface area contributed by atoms with Gasteiger partial charge in [0.05, 0.1) is 22.4 Å². The van der Waals surface area contributed by atoms with Gasteiger partial charge < -0.3 is 9.15 Å². The fraction of sp³-hybridized carbons (Fsp3) is 0.0385. The molecule has 6 aromatic rings. The summed E-state index contributed by atoms with van der Waals surface area (Å²) in [7, 11) is 0. The Kier molecular flexibility index (Phi) is 4.07. The number of nitrogens with zero attached hydrogens (tertiary/aromatic N) is 5. The number of fused-ring (bicyclic) bond motifs is 6. The predicted molar refractivity (Wildman–Crippen MR) is 124 cm³/mol. The Balaban J connectivity index is 1.56. The molecule has 0 saturated carbocycles. The van der Waals surface area contributed by atoms with Crippen molar-refractivity contribution >= 4 is 16.6 Å². The van der Waals surface area contributed by atoms with Crippen LogP contribution >= 0.6 is 0 Å². The summed E-state index contributed by atoms with van der Waals surface area (Å²) in [5.41, 5.74) is 2.61. The highest BCUT2D eigenvalue weighted by atomic mass is 19.1. The Morgan fingerprint density at radius 2 is 1.74 bits per heavy atom. The van der Waals surface area contributed by atoms with Crippen LogP contribution in [0.15, 0.2) is 88.6 Å². The van der Waals surface area contributed by atoms with Gasteiger partial charge in [-0.05, 0) is 42.0 Å². The van der Waals surface area contributed by atoms with E-state index in [9.17, 15) is 9.18 Å². The molecule has 1 atom stereocenters. The predicted octanol–water partition coefficient (Wildman–Crippen LogP) is 4.72. The summed E-state index contributed by atoms with van der Waals surface area (Å²) in [5.74, 6) is 0.0800. The molecule has 4 aromatic heterocycles. The van der Waals surface area contributed by atoms with Gasteiger partial charge in [0.25, 0.3) is 0 Å². The molecule has 0 amide bonds. The summed E-state index contributed by atoms with van der Waals surface area (Å²) >= 11 is 0. The van der Waals surface area contributed by atoms with Crippen LogP contribution in [-0.4, -0.2) is 24.6 Å².